The molecular weight excluding hydrogens is 472 g/mol. The van der Waals surface area contributed by atoms with Crippen molar-refractivity contribution in [3.63, 3.8) is 0 Å². The van der Waals surface area contributed by atoms with E-state index in [0.717, 1.165) is 79.2 Å². The number of rotatable bonds is 16. The highest BCUT2D eigenvalue weighted by molar-refractivity contribution is 5.56. The van der Waals surface area contributed by atoms with E-state index in [1.54, 1.807) is 0 Å². The highest BCUT2D eigenvalue weighted by Gasteiger charge is 2.32. The van der Waals surface area contributed by atoms with E-state index in [9.17, 15) is 20.4 Å². The van der Waals surface area contributed by atoms with Gasteiger partial charge in [0, 0.05) is 41.4 Å². The lowest BCUT2D eigenvalue weighted by molar-refractivity contribution is 0.250. The fraction of sp³-hybridized carbons (Fsp3) is 0.647. The molecule has 2 aromatic rings. The van der Waals surface area contributed by atoms with Gasteiger partial charge in [0.15, 0.2) is 0 Å². The number of benzene rings is 2. The molecule has 0 amide bonds. The van der Waals surface area contributed by atoms with E-state index in [1.807, 2.05) is 0 Å². The van der Waals surface area contributed by atoms with E-state index in [1.165, 1.54) is 5.56 Å². The molecular formula is C34H54O4. The topological polar surface area (TPSA) is 80.9 Å². The minimum Gasteiger partial charge on any atom is -0.507 e. The van der Waals surface area contributed by atoms with Crippen molar-refractivity contribution in [1.29, 1.82) is 0 Å². The van der Waals surface area contributed by atoms with Gasteiger partial charge in [0.2, 0.25) is 0 Å². The lowest BCUT2D eigenvalue weighted by Gasteiger charge is -2.31. The predicted molar refractivity (Wildman–Crippen MR) is 160 cm³/mol. The Morgan fingerprint density at radius 2 is 1.13 bits per heavy atom. The summed E-state index contributed by atoms with van der Waals surface area (Å²) in [5.41, 5.74) is 5.31. The molecule has 0 aliphatic rings. The van der Waals surface area contributed by atoms with E-state index < -0.39 is 0 Å². The van der Waals surface area contributed by atoms with Gasteiger partial charge in [0.05, 0.1) is 0 Å². The van der Waals surface area contributed by atoms with Crippen LogP contribution >= 0.6 is 0 Å². The van der Waals surface area contributed by atoms with Crippen LogP contribution < -0.4 is 0 Å². The molecule has 214 valence electrons. The zero-order chi connectivity index (χ0) is 28.5. The molecule has 0 aromatic heterocycles. The van der Waals surface area contributed by atoms with Crippen molar-refractivity contribution < 1.29 is 20.4 Å². The summed E-state index contributed by atoms with van der Waals surface area (Å²) in [4.78, 5) is 0. The van der Waals surface area contributed by atoms with Crippen LogP contribution in [0, 0.1) is 0 Å². The van der Waals surface area contributed by atoms with Crippen LogP contribution in [0.4, 0.5) is 0 Å². The maximum atomic E-state index is 11.8. The third kappa shape index (κ3) is 7.76. The Bertz CT molecular complexity index is 942. The molecule has 0 saturated heterocycles. The molecule has 4 N–H and O–H groups in total. The fourth-order valence-electron chi connectivity index (χ4n) is 5.89. The lowest BCUT2D eigenvalue weighted by Crippen LogP contribution is -2.21. The van der Waals surface area contributed by atoms with Crippen LogP contribution in [0.15, 0.2) is 24.3 Å². The normalized spacial score (nSPS) is 13.2. The minimum atomic E-state index is -0.383. The van der Waals surface area contributed by atoms with Crippen LogP contribution in [-0.2, 0) is 23.7 Å². The molecule has 0 aliphatic carbocycles. The Morgan fingerprint density at radius 1 is 0.632 bits per heavy atom. The van der Waals surface area contributed by atoms with Crippen LogP contribution in [0.3, 0.4) is 0 Å². The van der Waals surface area contributed by atoms with E-state index in [2.05, 4.69) is 72.7 Å². The first-order chi connectivity index (χ1) is 18.0. The first kappa shape index (κ1) is 32.2. The van der Waals surface area contributed by atoms with Gasteiger partial charge >= 0.3 is 0 Å². The Hall–Kier alpha value is -2.04. The van der Waals surface area contributed by atoms with E-state index in [0.29, 0.717) is 18.6 Å². The minimum absolute atomic E-state index is 0.0584. The molecule has 0 bridgehead atoms. The van der Waals surface area contributed by atoms with Crippen LogP contribution in [0.2, 0.25) is 0 Å². The molecule has 4 heteroatoms. The largest absolute Gasteiger partial charge is 0.507 e. The zero-order valence-corrected chi connectivity index (χ0v) is 25.2. The van der Waals surface area contributed by atoms with Crippen LogP contribution in [-0.4, -0.2) is 33.6 Å². The zero-order valence-electron chi connectivity index (χ0n) is 25.2. The highest BCUT2D eigenvalue weighted by atomic mass is 16.3. The third-order valence-electron chi connectivity index (χ3n) is 8.24. The second-order valence-electron chi connectivity index (χ2n) is 12.4. The molecule has 4 nitrogen and oxygen atoms in total. The molecule has 0 spiro atoms. The number of hydrogen-bond acceptors (Lipinski definition) is 4. The smallest absolute Gasteiger partial charge is 0.123 e. The summed E-state index contributed by atoms with van der Waals surface area (Å²) < 4.78 is 0. The van der Waals surface area contributed by atoms with Gasteiger partial charge in [-0.2, -0.15) is 0 Å². The van der Waals surface area contributed by atoms with Gasteiger partial charge in [0.1, 0.15) is 11.5 Å². The Labute approximate surface area is 232 Å². The molecule has 0 fully saturated rings. The summed E-state index contributed by atoms with van der Waals surface area (Å²) >= 11 is 0. The molecule has 0 saturated carbocycles. The summed E-state index contributed by atoms with van der Waals surface area (Å²) in [6.45, 7) is 15.2. The fourth-order valence-corrected chi connectivity index (χ4v) is 5.89. The summed E-state index contributed by atoms with van der Waals surface area (Å²) in [6.07, 6.45) is 8.76. The van der Waals surface area contributed by atoms with Gasteiger partial charge in [-0.25, -0.2) is 0 Å². The van der Waals surface area contributed by atoms with Crippen molar-refractivity contribution in [3.8, 4) is 11.5 Å². The maximum Gasteiger partial charge on any atom is 0.123 e. The van der Waals surface area contributed by atoms with Crippen molar-refractivity contribution in [2.75, 3.05) is 13.2 Å². The summed E-state index contributed by atoms with van der Waals surface area (Å²) in [5.74, 6) is 0.469. The molecule has 1 atom stereocenters. The predicted octanol–water partition coefficient (Wildman–Crippen LogP) is 8.04. The van der Waals surface area contributed by atoms with Crippen molar-refractivity contribution in [3.05, 3.63) is 57.6 Å². The summed E-state index contributed by atoms with van der Waals surface area (Å²) in [6, 6.07) is 8.51. The van der Waals surface area contributed by atoms with E-state index >= 15 is 0 Å². The molecule has 2 rings (SSSR count). The molecule has 0 radical (unpaired) electrons. The number of hydrogen-bond donors (Lipinski definition) is 4. The number of aromatic hydroxyl groups is 2. The van der Waals surface area contributed by atoms with Crippen molar-refractivity contribution in [2.24, 2.45) is 0 Å². The van der Waals surface area contributed by atoms with E-state index in [-0.39, 0.29) is 35.7 Å². The number of aliphatic hydroxyl groups excluding tert-OH is 2. The molecule has 0 heterocycles. The van der Waals surface area contributed by atoms with E-state index in [4.69, 9.17) is 0 Å². The first-order valence-electron chi connectivity index (χ1n) is 14.9. The average molecular weight is 527 g/mol. The average Bonchev–Trinajstić information content (AvgIpc) is 2.86. The van der Waals surface area contributed by atoms with Crippen molar-refractivity contribution >= 4 is 0 Å². The monoisotopic (exact) mass is 526 g/mol. The number of phenolic OH excluding ortho intramolecular Hbond substituents is 2. The SMILES string of the molecule is CCCCc1cc(C(CCC)c2cc(CCCO)cc(C(C)(C)CCC)c2O)c(O)c(C(C)(C)CCO)c1. The second-order valence-corrected chi connectivity index (χ2v) is 12.4. The van der Waals surface area contributed by atoms with Gasteiger partial charge in [0.25, 0.3) is 0 Å². The molecule has 2 aromatic carbocycles. The number of aryl methyl sites for hydroxylation is 2. The standard InChI is InChI=1S/C34H54O4/c1-8-11-14-24-20-27(32(38)30(22-24)34(6,7)17-19-36)26(13-9-2)28-21-25(15-12-18-35)23-29(31(28)37)33(4,5)16-10-3/h20-23,26,35-38H,8-19H2,1-7H3. The summed E-state index contributed by atoms with van der Waals surface area (Å²) in [7, 11) is 0. The number of aliphatic hydroxyl groups is 2. The Balaban J connectivity index is 2.86. The van der Waals surface area contributed by atoms with Gasteiger partial charge in [-0.3, -0.25) is 0 Å². The number of phenols is 2. The Morgan fingerprint density at radius 3 is 1.55 bits per heavy atom. The van der Waals surface area contributed by atoms with Crippen molar-refractivity contribution in [1.82, 2.24) is 0 Å². The van der Waals surface area contributed by atoms with Gasteiger partial charge in [-0.05, 0) is 66.9 Å². The summed E-state index contributed by atoms with van der Waals surface area (Å²) in [5, 5.41) is 42.9. The van der Waals surface area contributed by atoms with Crippen LogP contribution in [0.5, 0.6) is 11.5 Å². The second kappa shape index (κ2) is 14.4. The molecule has 38 heavy (non-hydrogen) atoms. The maximum absolute atomic E-state index is 11.8. The van der Waals surface area contributed by atoms with Gasteiger partial charge < -0.3 is 20.4 Å². The number of unbranched alkanes of at least 4 members (excludes halogenated alkanes) is 1. The third-order valence-corrected chi connectivity index (χ3v) is 8.24. The lowest BCUT2D eigenvalue weighted by atomic mass is 9.74. The van der Waals surface area contributed by atoms with Gasteiger partial charge in [-0.15, -0.1) is 0 Å². The molecule has 0 aliphatic heterocycles. The van der Waals surface area contributed by atoms with Gasteiger partial charge in [-0.1, -0.05) is 92.0 Å². The Kier molecular flexibility index (Phi) is 12.2. The molecule has 1 unspecified atom stereocenters. The first-order valence-corrected chi connectivity index (χ1v) is 14.9. The van der Waals surface area contributed by atoms with Crippen molar-refractivity contribution in [2.45, 2.75) is 129 Å². The van der Waals surface area contributed by atoms with Crippen LogP contribution in [0.1, 0.15) is 139 Å². The highest BCUT2D eigenvalue weighted by Crippen LogP contribution is 2.47. The van der Waals surface area contributed by atoms with Crippen LogP contribution in [0.25, 0.3) is 0 Å². The quantitative estimate of drug-likeness (QED) is 0.178.